The summed E-state index contributed by atoms with van der Waals surface area (Å²) < 4.78 is 0. The monoisotopic (exact) mass is 119 g/mol. The van der Waals surface area contributed by atoms with Crippen LogP contribution >= 0.6 is 11.6 Å². The number of rotatable bonds is 1. The second kappa shape index (κ2) is 1.64. The molecule has 0 aromatic rings. The molecule has 1 saturated carbocycles. The Kier molecular flexibility index (Phi) is 1.26. The standard InChI is InChI=1S/C5H10ClN/c6-4-5(7)2-1-3-5/h1-4,7H2. The Morgan fingerprint density at radius 1 is 1.57 bits per heavy atom. The SMILES string of the molecule is NC1(CCl)CCC1. The molecule has 2 N–H and O–H groups in total. The molecule has 0 aliphatic heterocycles. The highest BCUT2D eigenvalue weighted by Gasteiger charge is 2.30. The summed E-state index contributed by atoms with van der Waals surface area (Å²) >= 11 is 5.52. The molecule has 2 heteroatoms. The summed E-state index contributed by atoms with van der Waals surface area (Å²) in [6, 6.07) is 0. The average molecular weight is 120 g/mol. The third-order valence-electron chi connectivity index (χ3n) is 1.62. The van der Waals surface area contributed by atoms with E-state index in [0.29, 0.717) is 5.88 Å². The van der Waals surface area contributed by atoms with Gasteiger partial charge in [0.2, 0.25) is 0 Å². The van der Waals surface area contributed by atoms with Crippen molar-refractivity contribution in [1.82, 2.24) is 0 Å². The minimum absolute atomic E-state index is 0.0293. The molecular formula is C5H10ClN. The van der Waals surface area contributed by atoms with Crippen molar-refractivity contribution in [2.75, 3.05) is 5.88 Å². The first-order valence-electron chi connectivity index (χ1n) is 2.62. The lowest BCUT2D eigenvalue weighted by molar-refractivity contribution is 0.281. The first kappa shape index (κ1) is 5.39. The number of hydrogen-bond donors (Lipinski definition) is 1. The lowest BCUT2D eigenvalue weighted by Gasteiger charge is -2.35. The Bertz CT molecular complexity index is 63.0. The molecule has 0 heterocycles. The number of hydrogen-bond acceptors (Lipinski definition) is 1. The molecule has 0 spiro atoms. The molecule has 0 saturated heterocycles. The number of alkyl halides is 1. The highest BCUT2D eigenvalue weighted by atomic mass is 35.5. The van der Waals surface area contributed by atoms with Gasteiger partial charge in [-0.1, -0.05) is 0 Å². The molecule has 0 atom stereocenters. The number of nitrogens with two attached hydrogens (primary N) is 1. The van der Waals surface area contributed by atoms with Crippen LogP contribution in [0.25, 0.3) is 0 Å². The third kappa shape index (κ3) is 0.892. The summed E-state index contributed by atoms with van der Waals surface area (Å²) in [5.41, 5.74) is 5.70. The van der Waals surface area contributed by atoms with Crippen molar-refractivity contribution >= 4 is 11.6 Å². The van der Waals surface area contributed by atoms with Gasteiger partial charge >= 0.3 is 0 Å². The molecule has 0 radical (unpaired) electrons. The van der Waals surface area contributed by atoms with E-state index in [-0.39, 0.29) is 5.54 Å². The van der Waals surface area contributed by atoms with Gasteiger partial charge in [-0.15, -0.1) is 11.6 Å². The van der Waals surface area contributed by atoms with Crippen molar-refractivity contribution in [2.24, 2.45) is 5.73 Å². The van der Waals surface area contributed by atoms with Crippen molar-refractivity contribution in [3.05, 3.63) is 0 Å². The van der Waals surface area contributed by atoms with Crippen LogP contribution < -0.4 is 5.73 Å². The normalized spacial score (nSPS) is 26.6. The minimum Gasteiger partial charge on any atom is -0.324 e. The first-order chi connectivity index (χ1) is 3.27. The van der Waals surface area contributed by atoms with E-state index in [1.54, 1.807) is 0 Å². The molecule has 1 aliphatic carbocycles. The fourth-order valence-corrected chi connectivity index (χ4v) is 1.03. The van der Waals surface area contributed by atoms with Gasteiger partial charge < -0.3 is 5.73 Å². The van der Waals surface area contributed by atoms with Crippen LogP contribution in [-0.4, -0.2) is 11.4 Å². The highest BCUT2D eigenvalue weighted by Crippen LogP contribution is 2.29. The molecule has 42 valence electrons. The van der Waals surface area contributed by atoms with Crippen molar-refractivity contribution in [3.63, 3.8) is 0 Å². The van der Waals surface area contributed by atoms with E-state index in [1.807, 2.05) is 0 Å². The third-order valence-corrected chi connectivity index (χ3v) is 2.15. The van der Waals surface area contributed by atoms with E-state index in [9.17, 15) is 0 Å². The van der Waals surface area contributed by atoms with E-state index in [1.165, 1.54) is 6.42 Å². The van der Waals surface area contributed by atoms with E-state index in [0.717, 1.165) is 12.8 Å². The molecule has 0 aromatic carbocycles. The Balaban J connectivity index is 2.29. The summed E-state index contributed by atoms with van der Waals surface area (Å²) in [5.74, 6) is 0.632. The maximum absolute atomic E-state index is 5.67. The Morgan fingerprint density at radius 2 is 2.14 bits per heavy atom. The van der Waals surface area contributed by atoms with Crippen LogP contribution in [0.2, 0.25) is 0 Å². The maximum atomic E-state index is 5.67. The molecule has 0 unspecified atom stereocenters. The molecular weight excluding hydrogens is 110 g/mol. The van der Waals surface area contributed by atoms with Crippen LogP contribution in [0.4, 0.5) is 0 Å². The van der Waals surface area contributed by atoms with Gasteiger partial charge in [-0.05, 0) is 19.3 Å². The van der Waals surface area contributed by atoms with Gasteiger partial charge in [0.15, 0.2) is 0 Å². The molecule has 0 bridgehead atoms. The average Bonchev–Trinajstić information content (AvgIpc) is 1.61. The van der Waals surface area contributed by atoms with Crippen molar-refractivity contribution in [2.45, 2.75) is 24.8 Å². The molecule has 7 heavy (non-hydrogen) atoms. The van der Waals surface area contributed by atoms with Crippen LogP contribution in [0.5, 0.6) is 0 Å². The molecule has 0 aromatic heterocycles. The zero-order valence-corrected chi connectivity index (χ0v) is 5.04. The van der Waals surface area contributed by atoms with Crippen LogP contribution in [0, 0.1) is 0 Å². The minimum atomic E-state index is 0.0293. The lowest BCUT2D eigenvalue weighted by Crippen LogP contribution is -2.48. The van der Waals surface area contributed by atoms with Crippen LogP contribution in [0.15, 0.2) is 0 Å². The fraction of sp³-hybridized carbons (Fsp3) is 1.00. The quantitative estimate of drug-likeness (QED) is 0.514. The van der Waals surface area contributed by atoms with Crippen LogP contribution in [0.1, 0.15) is 19.3 Å². The Hall–Kier alpha value is 0.250. The smallest absolute Gasteiger partial charge is 0.0403 e. The summed E-state index contributed by atoms with van der Waals surface area (Å²) in [5, 5.41) is 0. The van der Waals surface area contributed by atoms with Gasteiger partial charge in [0.05, 0.1) is 0 Å². The van der Waals surface area contributed by atoms with Gasteiger partial charge in [-0.25, -0.2) is 0 Å². The van der Waals surface area contributed by atoms with Crippen molar-refractivity contribution in [3.8, 4) is 0 Å². The van der Waals surface area contributed by atoms with E-state index in [4.69, 9.17) is 17.3 Å². The zero-order chi connectivity index (χ0) is 5.33. The fourth-order valence-electron chi connectivity index (χ4n) is 0.765. The maximum Gasteiger partial charge on any atom is 0.0403 e. The van der Waals surface area contributed by atoms with Gasteiger partial charge in [0.25, 0.3) is 0 Å². The van der Waals surface area contributed by atoms with E-state index < -0.39 is 0 Å². The molecule has 1 rings (SSSR count). The second-order valence-electron chi connectivity index (χ2n) is 2.35. The van der Waals surface area contributed by atoms with Gasteiger partial charge in [-0.2, -0.15) is 0 Å². The highest BCUT2D eigenvalue weighted by molar-refractivity contribution is 6.18. The predicted octanol–water partition coefficient (Wildman–Crippen LogP) is 1.11. The Morgan fingerprint density at radius 3 is 2.14 bits per heavy atom. The van der Waals surface area contributed by atoms with Gasteiger partial charge in [0, 0.05) is 11.4 Å². The topological polar surface area (TPSA) is 26.0 Å². The molecule has 0 amide bonds. The Labute approximate surface area is 48.8 Å². The predicted molar refractivity (Wildman–Crippen MR) is 31.5 cm³/mol. The summed E-state index contributed by atoms with van der Waals surface area (Å²) in [7, 11) is 0. The largest absolute Gasteiger partial charge is 0.324 e. The summed E-state index contributed by atoms with van der Waals surface area (Å²) in [6.45, 7) is 0. The number of halogens is 1. The second-order valence-corrected chi connectivity index (χ2v) is 2.62. The van der Waals surface area contributed by atoms with Crippen LogP contribution in [-0.2, 0) is 0 Å². The molecule has 1 nitrogen and oxygen atoms in total. The summed E-state index contributed by atoms with van der Waals surface area (Å²) in [4.78, 5) is 0. The van der Waals surface area contributed by atoms with Crippen LogP contribution in [0.3, 0.4) is 0 Å². The van der Waals surface area contributed by atoms with Crippen molar-refractivity contribution in [1.29, 1.82) is 0 Å². The van der Waals surface area contributed by atoms with E-state index in [2.05, 4.69) is 0 Å². The van der Waals surface area contributed by atoms with E-state index >= 15 is 0 Å². The molecule has 1 fully saturated rings. The van der Waals surface area contributed by atoms with Crippen molar-refractivity contribution < 1.29 is 0 Å². The molecule has 1 aliphatic rings. The van der Waals surface area contributed by atoms with Gasteiger partial charge in [-0.3, -0.25) is 0 Å². The zero-order valence-electron chi connectivity index (χ0n) is 4.28. The first-order valence-corrected chi connectivity index (χ1v) is 3.15. The summed E-state index contributed by atoms with van der Waals surface area (Å²) in [6.07, 6.45) is 3.51. The lowest BCUT2D eigenvalue weighted by atomic mass is 9.80. The van der Waals surface area contributed by atoms with Gasteiger partial charge in [0.1, 0.15) is 0 Å².